The Kier molecular flexibility index (Phi) is 8.35. The highest BCUT2D eigenvalue weighted by molar-refractivity contribution is 5.86. The summed E-state index contributed by atoms with van der Waals surface area (Å²) in [7, 11) is 1.52. The van der Waals surface area contributed by atoms with Crippen LogP contribution >= 0.6 is 0 Å². The highest BCUT2D eigenvalue weighted by atomic mass is 16.5. The number of methoxy groups -OCH3 is 1. The first-order valence-electron chi connectivity index (χ1n) is 5.80. The number of carbonyl (C=O) groups is 2. The lowest BCUT2D eigenvalue weighted by Crippen LogP contribution is -2.48. The Morgan fingerprint density at radius 1 is 1.41 bits per heavy atom. The van der Waals surface area contributed by atoms with Gasteiger partial charge in [0.2, 0.25) is 5.91 Å². The number of carbonyl (C=O) groups excluding carboxylic acids is 1. The Balaban J connectivity index is 4.15. The second-order valence-corrected chi connectivity index (χ2v) is 3.93. The second-order valence-electron chi connectivity index (χ2n) is 3.93. The van der Waals surface area contributed by atoms with Gasteiger partial charge in [-0.1, -0.05) is 19.8 Å². The van der Waals surface area contributed by atoms with Crippen LogP contribution in [0.4, 0.5) is 0 Å². The monoisotopic (exact) mass is 246 g/mol. The number of aliphatic carboxylic acids is 1. The molecule has 0 aromatic rings. The van der Waals surface area contributed by atoms with Crippen LogP contribution < -0.4 is 11.1 Å². The first-order valence-corrected chi connectivity index (χ1v) is 5.80. The van der Waals surface area contributed by atoms with Crippen molar-refractivity contribution in [3.8, 4) is 0 Å². The van der Waals surface area contributed by atoms with Crippen molar-refractivity contribution in [2.45, 2.75) is 44.7 Å². The summed E-state index contributed by atoms with van der Waals surface area (Å²) in [5.41, 5.74) is 5.60. The van der Waals surface area contributed by atoms with E-state index in [-0.39, 0.29) is 0 Å². The number of hydrogen-bond acceptors (Lipinski definition) is 4. The maximum absolute atomic E-state index is 11.6. The van der Waals surface area contributed by atoms with Crippen molar-refractivity contribution in [2.24, 2.45) is 5.73 Å². The quantitative estimate of drug-likeness (QED) is 0.536. The minimum absolute atomic E-state index is 0.376. The highest BCUT2D eigenvalue weighted by Crippen LogP contribution is 2.01. The summed E-state index contributed by atoms with van der Waals surface area (Å²) in [6.07, 6.45) is 2.44. The molecule has 0 aliphatic rings. The van der Waals surface area contributed by atoms with E-state index in [2.05, 4.69) is 5.32 Å². The molecule has 1 amide bonds. The lowest BCUT2D eigenvalue weighted by Gasteiger charge is -2.17. The summed E-state index contributed by atoms with van der Waals surface area (Å²) in [4.78, 5) is 22.5. The van der Waals surface area contributed by atoms with Gasteiger partial charge in [0.1, 0.15) is 6.04 Å². The normalized spacial score (nSPS) is 14.1. The van der Waals surface area contributed by atoms with E-state index in [1.807, 2.05) is 6.92 Å². The van der Waals surface area contributed by atoms with E-state index in [4.69, 9.17) is 15.6 Å². The molecule has 0 aliphatic carbocycles. The molecular weight excluding hydrogens is 224 g/mol. The molecular formula is C11H22N2O4. The molecule has 6 heteroatoms. The number of amides is 1. The molecule has 0 bridgehead atoms. The van der Waals surface area contributed by atoms with Gasteiger partial charge in [-0.2, -0.15) is 0 Å². The molecule has 0 aromatic carbocycles. The van der Waals surface area contributed by atoms with Crippen molar-refractivity contribution in [3.63, 3.8) is 0 Å². The van der Waals surface area contributed by atoms with Crippen molar-refractivity contribution in [3.05, 3.63) is 0 Å². The number of carboxylic acid groups (broad SMARTS) is 1. The molecule has 0 saturated heterocycles. The first-order chi connectivity index (χ1) is 8.02. The number of carboxylic acids is 1. The summed E-state index contributed by atoms with van der Waals surface area (Å²) in [6, 6.07) is -1.57. The van der Waals surface area contributed by atoms with Crippen molar-refractivity contribution in [1.82, 2.24) is 5.32 Å². The lowest BCUT2D eigenvalue weighted by atomic mass is 10.1. The molecule has 1 unspecified atom stereocenters. The summed E-state index contributed by atoms with van der Waals surface area (Å²) in [5.74, 6) is -1.46. The molecule has 0 heterocycles. The van der Waals surface area contributed by atoms with E-state index in [0.717, 1.165) is 12.8 Å². The predicted molar refractivity (Wildman–Crippen MR) is 63.6 cm³/mol. The molecule has 6 nitrogen and oxygen atoms in total. The summed E-state index contributed by atoms with van der Waals surface area (Å²) in [6.45, 7) is 2.34. The molecule has 0 saturated carbocycles. The van der Waals surface area contributed by atoms with Gasteiger partial charge in [-0.25, -0.2) is 4.79 Å². The van der Waals surface area contributed by atoms with Gasteiger partial charge in [-0.05, 0) is 12.8 Å². The number of hydrogen-bond donors (Lipinski definition) is 3. The van der Waals surface area contributed by atoms with Crippen LogP contribution in [0, 0.1) is 0 Å². The SMILES string of the molecule is CCCC[C@H](NC(=O)C(N)CCOC)C(=O)O. The topological polar surface area (TPSA) is 102 Å². The molecule has 0 rings (SSSR count). The van der Waals surface area contributed by atoms with E-state index in [1.165, 1.54) is 7.11 Å². The largest absolute Gasteiger partial charge is 0.480 e. The fraction of sp³-hybridized carbons (Fsp3) is 0.818. The number of rotatable bonds is 9. The van der Waals surface area contributed by atoms with E-state index >= 15 is 0 Å². The fourth-order valence-corrected chi connectivity index (χ4v) is 1.32. The fourth-order valence-electron chi connectivity index (χ4n) is 1.32. The molecule has 0 fully saturated rings. The molecule has 0 aliphatic heterocycles. The first kappa shape index (κ1) is 15.9. The minimum atomic E-state index is -1.02. The Hall–Kier alpha value is -1.14. The molecule has 17 heavy (non-hydrogen) atoms. The van der Waals surface area contributed by atoms with Crippen LogP contribution in [0.1, 0.15) is 32.6 Å². The van der Waals surface area contributed by atoms with Gasteiger partial charge in [0.25, 0.3) is 0 Å². The van der Waals surface area contributed by atoms with Crippen LogP contribution in [0.15, 0.2) is 0 Å². The predicted octanol–water partition coefficient (Wildman–Crippen LogP) is 0.110. The van der Waals surface area contributed by atoms with Gasteiger partial charge in [-0.3, -0.25) is 4.79 Å². The van der Waals surface area contributed by atoms with Gasteiger partial charge in [0.05, 0.1) is 6.04 Å². The second kappa shape index (κ2) is 8.95. The number of nitrogens with one attached hydrogen (secondary N) is 1. The molecule has 4 N–H and O–H groups in total. The van der Waals surface area contributed by atoms with Crippen LogP contribution in [0.2, 0.25) is 0 Å². The molecule has 0 aromatic heterocycles. The van der Waals surface area contributed by atoms with Crippen LogP contribution in [-0.4, -0.2) is 42.8 Å². The average Bonchev–Trinajstić information content (AvgIpc) is 2.30. The zero-order valence-electron chi connectivity index (χ0n) is 10.4. The van der Waals surface area contributed by atoms with E-state index in [1.54, 1.807) is 0 Å². The van der Waals surface area contributed by atoms with E-state index in [9.17, 15) is 9.59 Å². The van der Waals surface area contributed by atoms with E-state index < -0.39 is 24.0 Å². The highest BCUT2D eigenvalue weighted by Gasteiger charge is 2.22. The Labute approximate surface area is 102 Å². The Morgan fingerprint density at radius 3 is 2.53 bits per heavy atom. The summed E-state index contributed by atoms with van der Waals surface area (Å²) in [5, 5.41) is 11.4. The maximum atomic E-state index is 11.6. The molecule has 100 valence electrons. The zero-order valence-corrected chi connectivity index (χ0v) is 10.4. The number of unbranched alkanes of at least 4 members (excludes halogenated alkanes) is 1. The average molecular weight is 246 g/mol. The minimum Gasteiger partial charge on any atom is -0.480 e. The standard InChI is InChI=1S/C11H22N2O4/c1-3-4-5-9(11(15)16)13-10(14)8(12)6-7-17-2/h8-9H,3-7,12H2,1-2H3,(H,13,14)(H,15,16)/t8?,9-/m0/s1. The van der Waals surface area contributed by atoms with E-state index in [0.29, 0.717) is 19.4 Å². The number of nitrogens with two attached hydrogens (primary N) is 1. The van der Waals surface area contributed by atoms with Gasteiger partial charge >= 0.3 is 5.97 Å². The van der Waals surface area contributed by atoms with Crippen molar-refractivity contribution < 1.29 is 19.4 Å². The Bertz CT molecular complexity index is 246. The van der Waals surface area contributed by atoms with Crippen LogP contribution in [-0.2, 0) is 14.3 Å². The third-order valence-electron chi connectivity index (χ3n) is 2.43. The van der Waals surface area contributed by atoms with Crippen LogP contribution in [0.5, 0.6) is 0 Å². The van der Waals surface area contributed by atoms with Crippen molar-refractivity contribution in [2.75, 3.05) is 13.7 Å². The van der Waals surface area contributed by atoms with Gasteiger partial charge < -0.3 is 20.9 Å². The summed E-state index contributed by atoms with van der Waals surface area (Å²) >= 11 is 0. The third-order valence-corrected chi connectivity index (χ3v) is 2.43. The van der Waals surface area contributed by atoms with Crippen molar-refractivity contribution in [1.29, 1.82) is 0 Å². The van der Waals surface area contributed by atoms with Gasteiger partial charge in [-0.15, -0.1) is 0 Å². The summed E-state index contributed by atoms with van der Waals surface area (Å²) < 4.78 is 4.80. The maximum Gasteiger partial charge on any atom is 0.326 e. The molecule has 2 atom stereocenters. The van der Waals surface area contributed by atoms with Crippen LogP contribution in [0.25, 0.3) is 0 Å². The van der Waals surface area contributed by atoms with Crippen LogP contribution in [0.3, 0.4) is 0 Å². The zero-order chi connectivity index (χ0) is 13.3. The third kappa shape index (κ3) is 6.91. The lowest BCUT2D eigenvalue weighted by molar-refractivity contribution is -0.142. The van der Waals surface area contributed by atoms with Gasteiger partial charge in [0.15, 0.2) is 0 Å². The Morgan fingerprint density at radius 2 is 2.06 bits per heavy atom. The number of ether oxygens (including phenoxy) is 1. The molecule has 0 radical (unpaired) electrons. The smallest absolute Gasteiger partial charge is 0.326 e. The van der Waals surface area contributed by atoms with Gasteiger partial charge in [0, 0.05) is 13.7 Å². The molecule has 0 spiro atoms. The van der Waals surface area contributed by atoms with Crippen molar-refractivity contribution >= 4 is 11.9 Å².